The van der Waals surface area contributed by atoms with Crippen molar-refractivity contribution in [3.05, 3.63) is 23.8 Å². The van der Waals surface area contributed by atoms with Crippen molar-refractivity contribution in [3.8, 4) is 0 Å². The van der Waals surface area contributed by atoms with Crippen molar-refractivity contribution in [3.63, 3.8) is 0 Å². The lowest BCUT2D eigenvalue weighted by Crippen LogP contribution is -3.10. The lowest BCUT2D eigenvalue weighted by atomic mass is 10.1. The molecule has 17 heavy (non-hydrogen) atoms. The summed E-state index contributed by atoms with van der Waals surface area (Å²) in [5.41, 5.74) is 8.37. The van der Waals surface area contributed by atoms with Crippen molar-refractivity contribution in [2.75, 3.05) is 18.9 Å². The minimum atomic E-state index is -0.882. The van der Waals surface area contributed by atoms with Gasteiger partial charge in [-0.15, -0.1) is 0 Å². The second-order valence-corrected chi connectivity index (χ2v) is 4.65. The summed E-state index contributed by atoms with van der Waals surface area (Å²) in [4.78, 5) is 0.899. The Labute approximate surface area is 100 Å². The van der Waals surface area contributed by atoms with Crippen LogP contribution in [-0.2, 0) is 0 Å². The Balaban J connectivity index is 2.30. The molecule has 5 heteroatoms. The van der Waals surface area contributed by atoms with Gasteiger partial charge in [0.15, 0.2) is 0 Å². The predicted octanol–water partition coefficient (Wildman–Crippen LogP) is -1.81. The monoisotopic (exact) mass is 239 g/mol. The Hall–Kier alpha value is -1.14. The Bertz CT molecular complexity index is 411. The van der Waals surface area contributed by atoms with Crippen molar-refractivity contribution >= 4 is 11.4 Å². The third-order valence-corrected chi connectivity index (χ3v) is 3.52. The molecule has 0 saturated carbocycles. The minimum Gasteiger partial charge on any atom is -0.399 e. The molecule has 1 saturated heterocycles. The predicted molar refractivity (Wildman–Crippen MR) is 64.0 cm³/mol. The van der Waals surface area contributed by atoms with Gasteiger partial charge in [-0.2, -0.15) is 0 Å². The standard InChI is InChI=1S/C12H18N2O3/c1-7-4-8(2-3-9(7)13)14-5-11(16)12(17)10(14)6-15/h2-4,10-12,15-17H,5-6,13H2,1H3/p+1. The van der Waals surface area contributed by atoms with Crippen LogP contribution in [0.25, 0.3) is 0 Å². The highest BCUT2D eigenvalue weighted by Gasteiger charge is 2.44. The summed E-state index contributed by atoms with van der Waals surface area (Å²) in [5.74, 6) is 0. The number of anilines is 1. The SMILES string of the molecule is Cc1cc([NH+]2CC(O)C(O)C2CO)ccc1N. The maximum Gasteiger partial charge on any atom is 0.145 e. The highest BCUT2D eigenvalue weighted by molar-refractivity contribution is 5.51. The van der Waals surface area contributed by atoms with Gasteiger partial charge in [0.1, 0.15) is 30.5 Å². The van der Waals surface area contributed by atoms with Crippen molar-refractivity contribution in [2.45, 2.75) is 25.2 Å². The fraction of sp³-hybridized carbons (Fsp3) is 0.500. The molecular weight excluding hydrogens is 220 g/mol. The second kappa shape index (κ2) is 4.62. The quantitative estimate of drug-likeness (QED) is 0.393. The topological polar surface area (TPSA) is 91.2 Å². The highest BCUT2D eigenvalue weighted by atomic mass is 16.3. The van der Waals surface area contributed by atoms with Gasteiger partial charge in [0.05, 0.1) is 6.61 Å². The smallest absolute Gasteiger partial charge is 0.145 e. The number of nitrogens with one attached hydrogen (secondary N) is 1. The van der Waals surface area contributed by atoms with Crippen LogP contribution in [0, 0.1) is 6.92 Å². The van der Waals surface area contributed by atoms with E-state index in [0.717, 1.165) is 16.2 Å². The van der Waals surface area contributed by atoms with Gasteiger partial charge in [-0.25, -0.2) is 0 Å². The van der Waals surface area contributed by atoms with Crippen LogP contribution in [0.5, 0.6) is 0 Å². The van der Waals surface area contributed by atoms with E-state index in [0.29, 0.717) is 12.2 Å². The first-order chi connectivity index (χ1) is 8.04. The van der Waals surface area contributed by atoms with Gasteiger partial charge in [0.2, 0.25) is 0 Å². The molecule has 0 spiro atoms. The molecule has 4 atom stereocenters. The first-order valence-electron chi connectivity index (χ1n) is 5.73. The molecule has 1 aliphatic rings. The van der Waals surface area contributed by atoms with Gasteiger partial charge in [-0.1, -0.05) is 0 Å². The van der Waals surface area contributed by atoms with Crippen LogP contribution >= 0.6 is 0 Å². The van der Waals surface area contributed by atoms with Crippen molar-refractivity contribution in [1.82, 2.24) is 0 Å². The molecule has 1 heterocycles. The molecule has 4 unspecified atom stereocenters. The minimum absolute atomic E-state index is 0.156. The molecule has 0 amide bonds. The number of hydrogen-bond acceptors (Lipinski definition) is 4. The molecule has 5 nitrogen and oxygen atoms in total. The molecule has 0 bridgehead atoms. The summed E-state index contributed by atoms with van der Waals surface area (Å²) in [6.45, 7) is 2.15. The summed E-state index contributed by atoms with van der Waals surface area (Å²) in [5, 5.41) is 28.7. The van der Waals surface area contributed by atoms with Crippen LogP contribution in [0.15, 0.2) is 18.2 Å². The van der Waals surface area contributed by atoms with Crippen LogP contribution in [0.2, 0.25) is 0 Å². The fourth-order valence-electron chi connectivity index (χ4n) is 2.40. The molecule has 1 aliphatic heterocycles. The van der Waals surface area contributed by atoms with Gasteiger partial charge in [0.25, 0.3) is 0 Å². The number of quaternary nitrogens is 1. The molecule has 1 fully saturated rings. The molecular formula is C12H19N2O3+. The van der Waals surface area contributed by atoms with Gasteiger partial charge >= 0.3 is 0 Å². The fourth-order valence-corrected chi connectivity index (χ4v) is 2.40. The summed E-state index contributed by atoms with van der Waals surface area (Å²) in [6, 6.07) is 5.22. The zero-order chi connectivity index (χ0) is 12.6. The van der Waals surface area contributed by atoms with Gasteiger partial charge in [-0.05, 0) is 18.6 Å². The largest absolute Gasteiger partial charge is 0.399 e. The summed E-state index contributed by atoms with van der Waals surface area (Å²) < 4.78 is 0. The van der Waals surface area contributed by atoms with Gasteiger partial charge < -0.3 is 21.1 Å². The average Bonchev–Trinajstić information content (AvgIpc) is 2.59. The van der Waals surface area contributed by atoms with E-state index in [1.54, 1.807) is 0 Å². The molecule has 94 valence electrons. The number of aliphatic hydroxyl groups is 3. The van der Waals surface area contributed by atoms with Gasteiger partial charge in [-0.3, -0.25) is 4.90 Å². The zero-order valence-corrected chi connectivity index (χ0v) is 9.80. The second-order valence-electron chi connectivity index (χ2n) is 4.65. The zero-order valence-electron chi connectivity index (χ0n) is 9.80. The van der Waals surface area contributed by atoms with E-state index in [-0.39, 0.29) is 12.6 Å². The number of rotatable bonds is 2. The lowest BCUT2D eigenvalue weighted by Gasteiger charge is -2.20. The van der Waals surface area contributed by atoms with E-state index in [4.69, 9.17) is 5.73 Å². The summed E-state index contributed by atoms with van der Waals surface area (Å²) in [7, 11) is 0. The van der Waals surface area contributed by atoms with Crippen molar-refractivity contribution < 1.29 is 20.2 Å². The van der Waals surface area contributed by atoms with Crippen LogP contribution in [0.4, 0.5) is 11.4 Å². The Morgan fingerprint density at radius 1 is 1.41 bits per heavy atom. The Morgan fingerprint density at radius 2 is 2.12 bits per heavy atom. The van der Waals surface area contributed by atoms with E-state index >= 15 is 0 Å². The average molecular weight is 239 g/mol. The van der Waals surface area contributed by atoms with Crippen molar-refractivity contribution in [2.24, 2.45) is 0 Å². The number of nitrogen functional groups attached to an aromatic ring is 1. The maximum absolute atomic E-state index is 9.76. The Morgan fingerprint density at radius 3 is 2.71 bits per heavy atom. The number of hydrogen-bond donors (Lipinski definition) is 5. The molecule has 0 aromatic heterocycles. The molecule has 1 aromatic rings. The number of aliphatic hydroxyl groups excluding tert-OH is 3. The molecule has 6 N–H and O–H groups in total. The summed E-state index contributed by atoms with van der Waals surface area (Å²) in [6.07, 6.45) is -1.67. The highest BCUT2D eigenvalue weighted by Crippen LogP contribution is 2.16. The van der Waals surface area contributed by atoms with Crippen LogP contribution in [-0.4, -0.2) is 46.7 Å². The van der Waals surface area contributed by atoms with E-state index < -0.39 is 12.2 Å². The van der Waals surface area contributed by atoms with Crippen LogP contribution in [0.1, 0.15) is 5.56 Å². The van der Waals surface area contributed by atoms with E-state index in [2.05, 4.69) is 0 Å². The van der Waals surface area contributed by atoms with Gasteiger partial charge in [0, 0.05) is 17.8 Å². The number of aryl methyl sites for hydroxylation is 1. The first kappa shape index (κ1) is 12.3. The first-order valence-corrected chi connectivity index (χ1v) is 5.73. The third kappa shape index (κ3) is 2.14. The third-order valence-electron chi connectivity index (χ3n) is 3.52. The van der Waals surface area contributed by atoms with Crippen LogP contribution in [0.3, 0.4) is 0 Å². The molecule has 1 aromatic carbocycles. The van der Waals surface area contributed by atoms with Crippen molar-refractivity contribution in [1.29, 1.82) is 0 Å². The Kier molecular flexibility index (Phi) is 3.35. The number of nitrogens with two attached hydrogens (primary N) is 1. The molecule has 0 aliphatic carbocycles. The summed E-state index contributed by atoms with van der Waals surface area (Å²) >= 11 is 0. The molecule has 0 radical (unpaired) electrons. The van der Waals surface area contributed by atoms with E-state index in [1.165, 1.54) is 0 Å². The van der Waals surface area contributed by atoms with E-state index in [1.807, 2.05) is 25.1 Å². The lowest BCUT2D eigenvalue weighted by molar-refractivity contribution is -0.850. The maximum atomic E-state index is 9.76. The normalized spacial score (nSPS) is 32.9. The molecule has 2 rings (SSSR count). The van der Waals surface area contributed by atoms with E-state index in [9.17, 15) is 15.3 Å². The van der Waals surface area contributed by atoms with Crippen LogP contribution < -0.4 is 10.6 Å². The number of benzene rings is 1.